The fourth-order valence-corrected chi connectivity index (χ4v) is 5.29. The zero-order valence-electron chi connectivity index (χ0n) is 24.8. The molecule has 1 amide bonds. The number of piperazine rings is 1. The minimum atomic E-state index is -0.656. The maximum absolute atomic E-state index is 13.7. The molecule has 2 heterocycles. The number of anilines is 1. The van der Waals surface area contributed by atoms with Gasteiger partial charge in [-0.25, -0.2) is 4.98 Å². The van der Waals surface area contributed by atoms with Crippen LogP contribution in [-0.2, 0) is 5.54 Å². The van der Waals surface area contributed by atoms with Gasteiger partial charge in [-0.1, -0.05) is 24.3 Å². The summed E-state index contributed by atoms with van der Waals surface area (Å²) in [6.07, 6.45) is 5.29. The Labute approximate surface area is 242 Å². The molecular weight excluding hydrogens is 516 g/mol. The van der Waals surface area contributed by atoms with Crippen LogP contribution in [0.3, 0.4) is 0 Å². The van der Waals surface area contributed by atoms with Crippen LogP contribution in [-0.4, -0.2) is 77.2 Å². The molecule has 0 spiro atoms. The van der Waals surface area contributed by atoms with Gasteiger partial charge in [0.05, 0.1) is 11.2 Å². The third-order valence-electron chi connectivity index (χ3n) is 7.91. The van der Waals surface area contributed by atoms with Gasteiger partial charge in [0.1, 0.15) is 11.9 Å². The molecule has 41 heavy (non-hydrogen) atoms. The van der Waals surface area contributed by atoms with E-state index in [0.29, 0.717) is 11.3 Å². The molecule has 1 atom stereocenters. The van der Waals surface area contributed by atoms with E-state index in [1.54, 1.807) is 29.1 Å². The highest BCUT2D eigenvalue weighted by atomic mass is 16.5. The van der Waals surface area contributed by atoms with E-state index in [4.69, 9.17) is 4.74 Å². The predicted molar refractivity (Wildman–Crippen MR) is 162 cm³/mol. The van der Waals surface area contributed by atoms with E-state index in [1.165, 1.54) is 0 Å². The van der Waals surface area contributed by atoms with Gasteiger partial charge in [0.2, 0.25) is 0 Å². The van der Waals surface area contributed by atoms with Crippen molar-refractivity contribution in [1.29, 1.82) is 0 Å². The lowest BCUT2D eigenvalue weighted by molar-refractivity contribution is 0.0951. The normalized spacial score (nSPS) is 17.2. The first-order valence-electron chi connectivity index (χ1n) is 14.6. The third kappa shape index (κ3) is 6.97. The molecule has 2 aromatic carbocycles. The number of hydrogen-bond acceptors (Lipinski definition) is 7. The van der Waals surface area contributed by atoms with Crippen LogP contribution in [0, 0.1) is 6.92 Å². The fraction of sp³-hybridized carbons (Fsp3) is 0.469. The average molecular weight is 559 g/mol. The Bertz CT molecular complexity index is 1440. The first-order chi connectivity index (χ1) is 19.6. The first-order valence-corrected chi connectivity index (χ1v) is 14.6. The van der Waals surface area contributed by atoms with Crippen LogP contribution in [0.5, 0.6) is 5.75 Å². The Balaban J connectivity index is 1.35. The minimum Gasteiger partial charge on any atom is -0.489 e. The van der Waals surface area contributed by atoms with Gasteiger partial charge in [0.15, 0.2) is 5.82 Å². The second kappa shape index (κ2) is 12.0. The number of hydrogen-bond donors (Lipinski definition) is 2. The fourth-order valence-electron chi connectivity index (χ4n) is 5.29. The molecule has 0 bridgehead atoms. The van der Waals surface area contributed by atoms with Crippen LogP contribution in [0.2, 0.25) is 0 Å². The summed E-state index contributed by atoms with van der Waals surface area (Å²) in [5.41, 5.74) is 2.08. The van der Waals surface area contributed by atoms with Crippen molar-refractivity contribution in [2.45, 2.75) is 58.2 Å². The monoisotopic (exact) mass is 558 g/mol. The molecule has 5 rings (SSSR count). The molecule has 1 aliphatic heterocycles. The van der Waals surface area contributed by atoms with Crippen LogP contribution in [0.15, 0.2) is 59.7 Å². The SMILES string of the molecule is Cc1ccc(C(=O)NC2CC2)cc1-n1ccnc(NC(C)(C)c2ccccc2OC(C)CN2CCN(C)CC2)c1=O. The molecule has 3 aromatic rings. The molecule has 1 saturated heterocycles. The lowest BCUT2D eigenvalue weighted by Crippen LogP contribution is -2.47. The van der Waals surface area contributed by atoms with E-state index in [1.807, 2.05) is 51.1 Å². The highest BCUT2D eigenvalue weighted by molar-refractivity contribution is 5.95. The molecule has 9 heteroatoms. The number of aryl methyl sites for hydroxylation is 1. The van der Waals surface area contributed by atoms with Gasteiger partial charge in [-0.2, -0.15) is 0 Å². The van der Waals surface area contributed by atoms with Crippen molar-refractivity contribution < 1.29 is 9.53 Å². The van der Waals surface area contributed by atoms with Crippen LogP contribution in [0.1, 0.15) is 55.1 Å². The molecule has 2 N–H and O–H groups in total. The second-order valence-corrected chi connectivity index (χ2v) is 12.0. The van der Waals surface area contributed by atoms with Crippen molar-refractivity contribution >= 4 is 11.7 Å². The van der Waals surface area contributed by atoms with E-state index in [9.17, 15) is 9.59 Å². The van der Waals surface area contributed by atoms with Gasteiger partial charge in [0, 0.05) is 62.3 Å². The highest BCUT2D eigenvalue weighted by Crippen LogP contribution is 2.32. The molecule has 1 aromatic heterocycles. The number of nitrogens with zero attached hydrogens (tertiary/aromatic N) is 4. The van der Waals surface area contributed by atoms with E-state index >= 15 is 0 Å². The Morgan fingerprint density at radius 3 is 2.59 bits per heavy atom. The predicted octanol–water partition coefficient (Wildman–Crippen LogP) is 3.80. The van der Waals surface area contributed by atoms with E-state index in [2.05, 4.69) is 39.4 Å². The maximum atomic E-state index is 13.7. The summed E-state index contributed by atoms with van der Waals surface area (Å²) < 4.78 is 8.02. The molecule has 1 unspecified atom stereocenters. The molecule has 0 radical (unpaired) electrons. The molecule has 218 valence electrons. The molecule has 2 aliphatic rings. The Morgan fingerprint density at radius 1 is 1.12 bits per heavy atom. The van der Waals surface area contributed by atoms with Crippen molar-refractivity contribution in [2.75, 3.05) is 45.1 Å². The first kappa shape index (κ1) is 28.8. The van der Waals surface area contributed by atoms with Crippen molar-refractivity contribution in [2.24, 2.45) is 0 Å². The maximum Gasteiger partial charge on any atom is 0.297 e. The summed E-state index contributed by atoms with van der Waals surface area (Å²) >= 11 is 0. The summed E-state index contributed by atoms with van der Waals surface area (Å²) in [6, 6.07) is 13.7. The van der Waals surface area contributed by atoms with Crippen LogP contribution in [0.25, 0.3) is 5.69 Å². The van der Waals surface area contributed by atoms with Gasteiger partial charge in [-0.15, -0.1) is 0 Å². The molecule has 9 nitrogen and oxygen atoms in total. The molecular formula is C32H42N6O3. The topological polar surface area (TPSA) is 91.7 Å². The lowest BCUT2D eigenvalue weighted by atomic mass is 9.93. The number of carbonyl (C=O) groups is 1. The Hall–Kier alpha value is -3.69. The van der Waals surface area contributed by atoms with Crippen molar-refractivity contribution in [1.82, 2.24) is 24.7 Å². The number of aromatic nitrogens is 2. The summed E-state index contributed by atoms with van der Waals surface area (Å²) in [5.74, 6) is 0.895. The van der Waals surface area contributed by atoms with Gasteiger partial charge < -0.3 is 20.3 Å². The number of amides is 1. The quantitative estimate of drug-likeness (QED) is 0.391. The van der Waals surface area contributed by atoms with Crippen molar-refractivity contribution in [3.63, 3.8) is 0 Å². The molecule has 1 aliphatic carbocycles. The van der Waals surface area contributed by atoms with E-state index < -0.39 is 5.54 Å². The number of nitrogens with one attached hydrogen (secondary N) is 2. The van der Waals surface area contributed by atoms with Crippen LogP contribution >= 0.6 is 0 Å². The number of para-hydroxylation sites is 1. The zero-order chi connectivity index (χ0) is 29.1. The molecule has 1 saturated carbocycles. The summed E-state index contributed by atoms with van der Waals surface area (Å²) in [7, 11) is 2.16. The smallest absolute Gasteiger partial charge is 0.297 e. The number of carbonyl (C=O) groups excluding carboxylic acids is 1. The van der Waals surface area contributed by atoms with Crippen molar-refractivity contribution in [3.05, 3.63) is 81.9 Å². The van der Waals surface area contributed by atoms with Gasteiger partial charge in [0.25, 0.3) is 11.5 Å². The number of benzene rings is 2. The average Bonchev–Trinajstić information content (AvgIpc) is 3.76. The zero-order valence-corrected chi connectivity index (χ0v) is 24.8. The highest BCUT2D eigenvalue weighted by Gasteiger charge is 2.28. The molecule has 2 fully saturated rings. The number of rotatable bonds is 10. The summed E-state index contributed by atoms with van der Waals surface area (Å²) in [5, 5.41) is 6.40. The van der Waals surface area contributed by atoms with Gasteiger partial charge in [-0.05, 0) is 71.3 Å². The minimum absolute atomic E-state index is 0.00907. The third-order valence-corrected chi connectivity index (χ3v) is 7.91. The number of likely N-dealkylation sites (N-methyl/N-ethyl adjacent to an activating group) is 1. The number of ether oxygens (including phenoxy) is 1. The van der Waals surface area contributed by atoms with Crippen LogP contribution < -0.4 is 20.9 Å². The van der Waals surface area contributed by atoms with Crippen molar-refractivity contribution in [3.8, 4) is 11.4 Å². The van der Waals surface area contributed by atoms with Gasteiger partial charge in [-0.3, -0.25) is 19.1 Å². The largest absolute Gasteiger partial charge is 0.489 e. The Kier molecular flexibility index (Phi) is 8.47. The van der Waals surface area contributed by atoms with E-state index in [-0.39, 0.29) is 29.4 Å². The Morgan fingerprint density at radius 2 is 1.85 bits per heavy atom. The van der Waals surface area contributed by atoms with Gasteiger partial charge >= 0.3 is 0 Å². The van der Waals surface area contributed by atoms with Crippen LogP contribution in [0.4, 0.5) is 5.82 Å². The summed E-state index contributed by atoms with van der Waals surface area (Å²) in [6.45, 7) is 13.2. The van der Waals surface area contributed by atoms with E-state index in [0.717, 1.165) is 62.4 Å². The standard InChI is InChI=1S/C32H42N6O3/c1-22-10-11-24(30(39)34-25-12-13-25)20-27(22)38-15-14-33-29(31(38)40)35-32(3,4)26-8-6-7-9-28(26)41-23(2)21-37-18-16-36(5)17-19-37/h6-11,14-15,20,23,25H,12-13,16-19,21H2,1-5H3,(H,33,35)(H,34,39). The second-order valence-electron chi connectivity index (χ2n) is 12.0. The summed E-state index contributed by atoms with van der Waals surface area (Å²) in [4.78, 5) is 35.6. The lowest BCUT2D eigenvalue weighted by Gasteiger charge is -2.34.